The second-order valence-corrected chi connectivity index (χ2v) is 6.89. The molecule has 6 nitrogen and oxygen atoms in total. The van der Waals surface area contributed by atoms with Gasteiger partial charge in [-0.3, -0.25) is 4.79 Å². The van der Waals surface area contributed by atoms with Gasteiger partial charge in [-0.05, 0) is 48.9 Å². The molecule has 1 aliphatic rings. The first-order chi connectivity index (χ1) is 13.3. The molecule has 27 heavy (non-hydrogen) atoms. The van der Waals surface area contributed by atoms with Crippen molar-refractivity contribution in [3.05, 3.63) is 52.4 Å². The Bertz CT molecular complexity index is 668. The summed E-state index contributed by atoms with van der Waals surface area (Å²) in [6.07, 6.45) is 10.2. The van der Waals surface area contributed by atoms with Crippen molar-refractivity contribution in [2.45, 2.75) is 51.4 Å². The number of carbonyl (C=O) groups excluding carboxylic acids is 1. The van der Waals surface area contributed by atoms with E-state index in [4.69, 9.17) is 10.3 Å². The van der Waals surface area contributed by atoms with E-state index in [1.165, 1.54) is 6.42 Å². The molecule has 0 unspecified atom stereocenters. The van der Waals surface area contributed by atoms with Crippen LogP contribution in [0.3, 0.4) is 0 Å². The van der Waals surface area contributed by atoms with Crippen molar-refractivity contribution in [3.63, 3.8) is 0 Å². The number of azide groups is 1. The van der Waals surface area contributed by atoms with Crippen LogP contribution in [0, 0.1) is 0 Å². The Morgan fingerprint density at radius 1 is 1.22 bits per heavy atom. The summed E-state index contributed by atoms with van der Waals surface area (Å²) in [4.78, 5) is 17.3. The quantitative estimate of drug-likeness (QED) is 0.165. The maximum absolute atomic E-state index is 12.7. The number of aryl methyl sites for hydroxylation is 1. The van der Waals surface area contributed by atoms with E-state index in [-0.39, 0.29) is 5.91 Å². The highest BCUT2D eigenvalue weighted by molar-refractivity contribution is 5.96. The summed E-state index contributed by atoms with van der Waals surface area (Å²) in [7, 11) is 0. The van der Waals surface area contributed by atoms with Crippen LogP contribution in [0.1, 0.15) is 60.9 Å². The molecule has 0 bridgehead atoms. The normalized spacial score (nSPS) is 13.5. The monoisotopic (exact) mass is 370 g/mol. The van der Waals surface area contributed by atoms with Crippen molar-refractivity contribution in [1.29, 1.82) is 0 Å². The molecule has 6 heteroatoms. The lowest BCUT2D eigenvalue weighted by atomic mass is 10.0. The smallest absolute Gasteiger partial charge is 0.254 e. The van der Waals surface area contributed by atoms with Crippen LogP contribution in [0.2, 0.25) is 0 Å². The van der Waals surface area contributed by atoms with Crippen molar-refractivity contribution in [1.82, 2.24) is 4.90 Å². The number of fused-ring (bicyclic) bond motifs is 1. The number of hydrogen-bond acceptors (Lipinski definition) is 3. The molecule has 0 atom stereocenters. The molecule has 2 rings (SSSR count). The Morgan fingerprint density at radius 2 is 2.00 bits per heavy atom. The van der Waals surface area contributed by atoms with Gasteiger partial charge in [0, 0.05) is 30.1 Å². The van der Waals surface area contributed by atoms with Crippen molar-refractivity contribution >= 4 is 5.91 Å². The van der Waals surface area contributed by atoms with Crippen molar-refractivity contribution in [3.8, 4) is 5.75 Å². The SMILES string of the molecule is C=CCN1CCCc2ccc(OCCCCCCCCN=[N+]=[N-])cc2C1=O. The lowest BCUT2D eigenvalue weighted by Gasteiger charge is -2.19. The van der Waals surface area contributed by atoms with Gasteiger partial charge in [0.05, 0.1) is 6.61 Å². The van der Waals surface area contributed by atoms with Crippen LogP contribution in [0.5, 0.6) is 5.75 Å². The molecular weight excluding hydrogens is 340 g/mol. The van der Waals surface area contributed by atoms with E-state index in [2.05, 4.69) is 16.6 Å². The molecule has 0 saturated carbocycles. The van der Waals surface area contributed by atoms with Crippen molar-refractivity contribution in [2.24, 2.45) is 5.11 Å². The van der Waals surface area contributed by atoms with Crippen LogP contribution >= 0.6 is 0 Å². The van der Waals surface area contributed by atoms with Crippen LogP contribution in [0.4, 0.5) is 0 Å². The van der Waals surface area contributed by atoms with Crippen LogP contribution < -0.4 is 4.74 Å². The minimum absolute atomic E-state index is 0.0774. The number of benzene rings is 1. The summed E-state index contributed by atoms with van der Waals surface area (Å²) in [5.74, 6) is 0.852. The van der Waals surface area contributed by atoms with Gasteiger partial charge in [-0.25, -0.2) is 0 Å². The Balaban J connectivity index is 1.73. The number of unbranched alkanes of at least 4 members (excludes halogenated alkanes) is 5. The highest BCUT2D eigenvalue weighted by Gasteiger charge is 2.22. The fraction of sp³-hybridized carbons (Fsp3) is 0.571. The number of nitrogens with zero attached hydrogens (tertiary/aromatic N) is 4. The first-order valence-electron chi connectivity index (χ1n) is 9.93. The molecule has 0 spiro atoms. The van der Waals surface area contributed by atoms with Gasteiger partial charge in [0.1, 0.15) is 5.75 Å². The maximum Gasteiger partial charge on any atom is 0.254 e. The van der Waals surface area contributed by atoms with Crippen LogP contribution in [0.15, 0.2) is 36.0 Å². The lowest BCUT2D eigenvalue weighted by Crippen LogP contribution is -2.31. The van der Waals surface area contributed by atoms with E-state index in [0.29, 0.717) is 19.7 Å². The molecule has 1 heterocycles. The van der Waals surface area contributed by atoms with Gasteiger partial charge in [0.25, 0.3) is 5.91 Å². The van der Waals surface area contributed by atoms with Gasteiger partial charge in [0.2, 0.25) is 0 Å². The van der Waals surface area contributed by atoms with Crippen LogP contribution in [-0.2, 0) is 6.42 Å². The average molecular weight is 370 g/mol. The summed E-state index contributed by atoms with van der Waals surface area (Å²) in [6, 6.07) is 5.91. The number of ether oxygens (including phenoxy) is 1. The number of rotatable bonds is 12. The average Bonchev–Trinajstić information content (AvgIpc) is 2.83. The molecule has 0 aliphatic carbocycles. The van der Waals surface area contributed by atoms with Gasteiger partial charge in [0.15, 0.2) is 0 Å². The predicted molar refractivity (Wildman–Crippen MR) is 108 cm³/mol. The van der Waals surface area contributed by atoms with Crippen LogP contribution in [0.25, 0.3) is 10.4 Å². The van der Waals surface area contributed by atoms with E-state index >= 15 is 0 Å². The Labute approximate surface area is 161 Å². The zero-order chi connectivity index (χ0) is 19.3. The van der Waals surface area contributed by atoms with Gasteiger partial charge >= 0.3 is 0 Å². The predicted octanol–water partition coefficient (Wildman–Crippen LogP) is 5.29. The highest BCUT2D eigenvalue weighted by atomic mass is 16.5. The van der Waals surface area contributed by atoms with Crippen molar-refractivity contribution in [2.75, 3.05) is 26.2 Å². The standard InChI is InChI=1S/C21H30N4O2/c1-2-14-25-15-9-10-18-11-12-19(17-20(18)21(25)26)27-16-8-6-4-3-5-7-13-23-24-22/h2,11-12,17H,1,3-10,13-16H2. The number of hydrogen-bond donors (Lipinski definition) is 0. The molecule has 0 radical (unpaired) electrons. The van der Waals surface area contributed by atoms with E-state index in [0.717, 1.165) is 68.4 Å². The van der Waals surface area contributed by atoms with Crippen molar-refractivity contribution < 1.29 is 9.53 Å². The second-order valence-electron chi connectivity index (χ2n) is 6.89. The van der Waals surface area contributed by atoms with Crippen LogP contribution in [-0.4, -0.2) is 37.0 Å². The van der Waals surface area contributed by atoms with Gasteiger partial charge in [-0.1, -0.05) is 42.9 Å². The first kappa shape index (κ1) is 20.8. The third-order valence-electron chi connectivity index (χ3n) is 4.81. The molecular formula is C21H30N4O2. The summed E-state index contributed by atoms with van der Waals surface area (Å²) in [5.41, 5.74) is 10.1. The topological polar surface area (TPSA) is 78.3 Å². The van der Waals surface area contributed by atoms with Gasteiger partial charge < -0.3 is 9.64 Å². The summed E-state index contributed by atoms with van der Waals surface area (Å²) in [5, 5.41) is 3.54. The van der Waals surface area contributed by atoms with E-state index < -0.39 is 0 Å². The lowest BCUT2D eigenvalue weighted by molar-refractivity contribution is 0.0778. The molecule has 1 amide bonds. The summed E-state index contributed by atoms with van der Waals surface area (Å²) >= 11 is 0. The third kappa shape index (κ3) is 6.99. The van der Waals surface area contributed by atoms with E-state index in [9.17, 15) is 4.79 Å². The Hall–Kier alpha value is -2.46. The summed E-state index contributed by atoms with van der Waals surface area (Å²) in [6.45, 7) is 6.38. The molecule has 0 aromatic heterocycles. The molecule has 1 aromatic rings. The largest absolute Gasteiger partial charge is 0.494 e. The molecule has 1 aliphatic heterocycles. The minimum Gasteiger partial charge on any atom is -0.494 e. The number of carbonyl (C=O) groups is 1. The summed E-state index contributed by atoms with van der Waals surface area (Å²) < 4.78 is 5.87. The van der Waals surface area contributed by atoms with E-state index in [1.54, 1.807) is 6.08 Å². The minimum atomic E-state index is 0.0774. The van der Waals surface area contributed by atoms with Gasteiger partial charge in [-0.15, -0.1) is 6.58 Å². The third-order valence-corrected chi connectivity index (χ3v) is 4.81. The molecule has 146 valence electrons. The molecule has 0 fully saturated rings. The highest BCUT2D eigenvalue weighted by Crippen LogP contribution is 2.24. The van der Waals surface area contributed by atoms with E-state index in [1.807, 2.05) is 23.1 Å². The second kappa shape index (κ2) is 12.0. The molecule has 1 aromatic carbocycles. The Kier molecular flexibility index (Phi) is 9.28. The fourth-order valence-corrected chi connectivity index (χ4v) is 3.35. The first-order valence-corrected chi connectivity index (χ1v) is 9.93. The zero-order valence-electron chi connectivity index (χ0n) is 16.1. The van der Waals surface area contributed by atoms with Gasteiger partial charge in [-0.2, -0.15) is 0 Å². The number of amides is 1. The zero-order valence-corrected chi connectivity index (χ0v) is 16.1. The Morgan fingerprint density at radius 3 is 2.78 bits per heavy atom. The molecule has 0 N–H and O–H groups in total. The molecule has 0 saturated heterocycles. The fourth-order valence-electron chi connectivity index (χ4n) is 3.35. The maximum atomic E-state index is 12.7.